The third-order valence-corrected chi connectivity index (χ3v) is 4.36. The van der Waals surface area contributed by atoms with Crippen LogP contribution in [0.5, 0.6) is 0 Å². The van der Waals surface area contributed by atoms with Gasteiger partial charge in [-0.25, -0.2) is 4.98 Å². The molecule has 0 bridgehead atoms. The van der Waals surface area contributed by atoms with Crippen LogP contribution in [0.4, 0.5) is 5.69 Å². The molecule has 3 aromatic rings. The Balaban J connectivity index is 1.81. The van der Waals surface area contributed by atoms with Gasteiger partial charge in [-0.1, -0.05) is 34.1 Å². The minimum atomic E-state index is -0.278. The molecule has 3 rings (SSSR count). The number of hydrogen-bond acceptors (Lipinski definition) is 3. The molecule has 116 valence electrons. The topological polar surface area (TPSA) is 64.0 Å². The molecule has 0 saturated carbocycles. The van der Waals surface area contributed by atoms with E-state index < -0.39 is 0 Å². The average molecular weight is 372 g/mol. The molecule has 1 N–H and O–H groups in total. The van der Waals surface area contributed by atoms with E-state index >= 15 is 0 Å². The summed E-state index contributed by atoms with van der Waals surface area (Å²) in [5.41, 5.74) is 2.15. The van der Waals surface area contributed by atoms with Crippen LogP contribution in [0.1, 0.15) is 5.56 Å². The molecule has 1 aromatic heterocycles. The number of aryl methyl sites for hydroxylation is 1. The van der Waals surface area contributed by atoms with Crippen LogP contribution in [-0.4, -0.2) is 15.5 Å². The van der Waals surface area contributed by atoms with Gasteiger partial charge in [0.1, 0.15) is 6.54 Å². The van der Waals surface area contributed by atoms with Crippen molar-refractivity contribution in [1.29, 1.82) is 0 Å². The smallest absolute Gasteiger partial charge is 0.261 e. The molecule has 0 aliphatic carbocycles. The standard InChI is InChI=1S/C17H14BrN3O2/c1-11-6-7-12(8-14(11)18)20-16(22)9-21-10-19-15-5-3-2-4-13(15)17(21)23/h2-8,10H,9H2,1H3,(H,20,22). The minimum absolute atomic E-state index is 0.0812. The largest absolute Gasteiger partial charge is 0.324 e. The average Bonchev–Trinajstić information content (AvgIpc) is 2.54. The van der Waals surface area contributed by atoms with Crippen molar-refractivity contribution in [2.24, 2.45) is 0 Å². The Hall–Kier alpha value is -2.47. The molecule has 6 heteroatoms. The first kappa shape index (κ1) is 15.4. The van der Waals surface area contributed by atoms with Gasteiger partial charge < -0.3 is 5.32 Å². The Bertz CT molecular complexity index is 950. The van der Waals surface area contributed by atoms with Crippen molar-refractivity contribution >= 4 is 38.4 Å². The summed E-state index contributed by atoms with van der Waals surface area (Å²) in [7, 11) is 0. The molecule has 2 aromatic carbocycles. The number of aromatic nitrogens is 2. The maximum Gasteiger partial charge on any atom is 0.261 e. The molecular formula is C17H14BrN3O2. The highest BCUT2D eigenvalue weighted by molar-refractivity contribution is 9.10. The second-order valence-corrected chi connectivity index (χ2v) is 6.06. The Morgan fingerprint density at radius 2 is 2.04 bits per heavy atom. The molecular weight excluding hydrogens is 358 g/mol. The predicted molar refractivity (Wildman–Crippen MR) is 93.5 cm³/mol. The van der Waals surface area contributed by atoms with E-state index in [-0.39, 0.29) is 18.0 Å². The molecule has 1 heterocycles. The first-order valence-electron chi connectivity index (χ1n) is 7.05. The number of carbonyl (C=O) groups is 1. The molecule has 0 aliphatic rings. The highest BCUT2D eigenvalue weighted by Gasteiger charge is 2.08. The summed E-state index contributed by atoms with van der Waals surface area (Å²) in [6.07, 6.45) is 1.40. The maximum atomic E-state index is 12.4. The number of benzene rings is 2. The fourth-order valence-electron chi connectivity index (χ4n) is 2.24. The Morgan fingerprint density at radius 1 is 1.26 bits per heavy atom. The van der Waals surface area contributed by atoms with Crippen molar-refractivity contribution in [3.63, 3.8) is 0 Å². The summed E-state index contributed by atoms with van der Waals surface area (Å²) in [6.45, 7) is 1.89. The van der Waals surface area contributed by atoms with Crippen LogP contribution in [0.25, 0.3) is 10.9 Å². The fraction of sp³-hybridized carbons (Fsp3) is 0.118. The van der Waals surface area contributed by atoms with Crippen molar-refractivity contribution in [2.45, 2.75) is 13.5 Å². The van der Waals surface area contributed by atoms with Crippen LogP contribution in [0, 0.1) is 6.92 Å². The second kappa shape index (κ2) is 6.34. The normalized spacial score (nSPS) is 10.7. The van der Waals surface area contributed by atoms with E-state index in [0.717, 1.165) is 10.0 Å². The Labute approximate surface area is 141 Å². The lowest BCUT2D eigenvalue weighted by Crippen LogP contribution is -2.27. The molecule has 0 unspecified atom stereocenters. The number of nitrogens with zero attached hydrogens (tertiary/aromatic N) is 2. The van der Waals surface area contributed by atoms with E-state index in [1.807, 2.05) is 31.2 Å². The first-order valence-corrected chi connectivity index (χ1v) is 7.84. The maximum absolute atomic E-state index is 12.4. The van der Waals surface area contributed by atoms with Gasteiger partial charge in [0.05, 0.1) is 17.2 Å². The lowest BCUT2D eigenvalue weighted by Gasteiger charge is -2.09. The number of hydrogen-bond donors (Lipinski definition) is 1. The van der Waals surface area contributed by atoms with Crippen LogP contribution in [-0.2, 0) is 11.3 Å². The Morgan fingerprint density at radius 3 is 2.83 bits per heavy atom. The van der Waals surface area contributed by atoms with Crippen LogP contribution < -0.4 is 10.9 Å². The summed E-state index contributed by atoms with van der Waals surface area (Å²) in [5, 5.41) is 3.28. The number of amides is 1. The van der Waals surface area contributed by atoms with Crippen molar-refractivity contribution in [3.8, 4) is 0 Å². The summed E-state index contributed by atoms with van der Waals surface area (Å²) < 4.78 is 2.22. The van der Waals surface area contributed by atoms with Gasteiger partial charge in [-0.15, -0.1) is 0 Å². The van der Waals surface area contributed by atoms with Crippen molar-refractivity contribution in [2.75, 3.05) is 5.32 Å². The SMILES string of the molecule is Cc1ccc(NC(=O)Cn2cnc3ccccc3c2=O)cc1Br. The van der Waals surface area contributed by atoms with Gasteiger partial charge in [0.2, 0.25) is 5.91 Å². The van der Waals surface area contributed by atoms with E-state index in [2.05, 4.69) is 26.2 Å². The molecule has 0 saturated heterocycles. The highest BCUT2D eigenvalue weighted by Crippen LogP contribution is 2.20. The Kier molecular flexibility index (Phi) is 4.25. The summed E-state index contributed by atoms with van der Waals surface area (Å²) in [5.74, 6) is -0.278. The van der Waals surface area contributed by atoms with Gasteiger partial charge in [-0.2, -0.15) is 0 Å². The monoisotopic (exact) mass is 371 g/mol. The molecule has 0 fully saturated rings. The van der Waals surface area contributed by atoms with E-state index in [0.29, 0.717) is 16.6 Å². The molecule has 0 spiro atoms. The highest BCUT2D eigenvalue weighted by atomic mass is 79.9. The van der Waals surface area contributed by atoms with Crippen molar-refractivity contribution in [1.82, 2.24) is 9.55 Å². The molecule has 0 atom stereocenters. The molecule has 5 nitrogen and oxygen atoms in total. The van der Waals surface area contributed by atoms with Crippen LogP contribution >= 0.6 is 15.9 Å². The van der Waals surface area contributed by atoms with Gasteiger partial charge in [0.15, 0.2) is 0 Å². The zero-order valence-corrected chi connectivity index (χ0v) is 14.0. The lowest BCUT2D eigenvalue weighted by molar-refractivity contribution is -0.116. The van der Waals surface area contributed by atoms with Crippen molar-refractivity contribution in [3.05, 3.63) is 69.2 Å². The number of fused-ring (bicyclic) bond motifs is 1. The van der Waals surface area contributed by atoms with Crippen LogP contribution in [0.2, 0.25) is 0 Å². The number of rotatable bonds is 3. The lowest BCUT2D eigenvalue weighted by atomic mass is 10.2. The fourth-order valence-corrected chi connectivity index (χ4v) is 2.62. The number of halogens is 1. The van der Waals surface area contributed by atoms with Crippen LogP contribution in [0.3, 0.4) is 0 Å². The number of para-hydroxylation sites is 1. The number of carbonyl (C=O) groups excluding carboxylic acids is 1. The quantitative estimate of drug-likeness (QED) is 0.769. The first-order chi connectivity index (χ1) is 11.0. The zero-order valence-electron chi connectivity index (χ0n) is 12.4. The number of nitrogens with one attached hydrogen (secondary N) is 1. The number of anilines is 1. The zero-order chi connectivity index (χ0) is 16.4. The molecule has 1 amide bonds. The third-order valence-electron chi connectivity index (χ3n) is 3.50. The van der Waals surface area contributed by atoms with E-state index in [9.17, 15) is 9.59 Å². The van der Waals surface area contributed by atoms with E-state index in [4.69, 9.17) is 0 Å². The summed E-state index contributed by atoms with van der Waals surface area (Å²) >= 11 is 3.43. The van der Waals surface area contributed by atoms with Crippen LogP contribution in [0.15, 0.2) is 58.1 Å². The summed E-state index contributed by atoms with van der Waals surface area (Å²) in [4.78, 5) is 28.7. The van der Waals surface area contributed by atoms with Gasteiger partial charge in [-0.3, -0.25) is 14.2 Å². The summed E-state index contributed by atoms with van der Waals surface area (Å²) in [6, 6.07) is 12.6. The van der Waals surface area contributed by atoms with Gasteiger partial charge >= 0.3 is 0 Å². The van der Waals surface area contributed by atoms with Gasteiger partial charge in [0.25, 0.3) is 5.56 Å². The molecule has 0 aliphatic heterocycles. The van der Waals surface area contributed by atoms with Crippen molar-refractivity contribution < 1.29 is 4.79 Å². The van der Waals surface area contributed by atoms with Gasteiger partial charge in [0, 0.05) is 10.2 Å². The van der Waals surface area contributed by atoms with E-state index in [1.54, 1.807) is 18.2 Å². The molecule has 23 heavy (non-hydrogen) atoms. The molecule has 0 radical (unpaired) electrons. The third kappa shape index (κ3) is 3.32. The second-order valence-electron chi connectivity index (χ2n) is 5.21. The van der Waals surface area contributed by atoms with E-state index in [1.165, 1.54) is 10.9 Å². The van der Waals surface area contributed by atoms with Gasteiger partial charge in [-0.05, 0) is 36.8 Å². The minimum Gasteiger partial charge on any atom is -0.324 e. The predicted octanol–water partition coefficient (Wildman–Crippen LogP) is 3.11.